The Morgan fingerprint density at radius 1 is 1.24 bits per heavy atom. The first-order valence-electron chi connectivity index (χ1n) is 9.34. The zero-order chi connectivity index (χ0) is 20.4. The molecule has 1 saturated heterocycles. The highest BCUT2D eigenvalue weighted by Gasteiger charge is 2.39. The second kappa shape index (κ2) is 7.78. The molecule has 3 heterocycles. The van der Waals surface area contributed by atoms with Crippen molar-refractivity contribution >= 4 is 28.9 Å². The van der Waals surface area contributed by atoms with Gasteiger partial charge in [-0.05, 0) is 24.3 Å². The Hall–Kier alpha value is -3.62. The monoisotopic (exact) mass is 395 g/mol. The summed E-state index contributed by atoms with van der Waals surface area (Å²) < 4.78 is 7.17. The van der Waals surface area contributed by atoms with Gasteiger partial charge in [0.1, 0.15) is 17.6 Å². The van der Waals surface area contributed by atoms with Gasteiger partial charge in [-0.2, -0.15) is 0 Å². The quantitative estimate of drug-likeness (QED) is 0.587. The minimum atomic E-state index is -0.867. The van der Waals surface area contributed by atoms with E-state index in [1.54, 1.807) is 12.1 Å². The standard InChI is InChI=1S/C20H21N5O4/c1-24-16-7-3-2-6-14(16)22-17(24)8-9-21-18(26)11-15-19(27)25(20(28)23-15)12-13-5-4-10-29-13/h2-7,10,15H,8-9,11-12H2,1H3,(H,21,26)(H,23,28)/t15-/m1/s1. The molecule has 0 aliphatic carbocycles. The Bertz CT molecular complexity index is 1060. The van der Waals surface area contributed by atoms with Crippen molar-refractivity contribution in [3.63, 3.8) is 0 Å². The van der Waals surface area contributed by atoms with Crippen molar-refractivity contribution in [2.75, 3.05) is 6.54 Å². The fourth-order valence-corrected chi connectivity index (χ4v) is 3.41. The molecule has 1 aliphatic heterocycles. The number of benzene rings is 1. The zero-order valence-electron chi connectivity index (χ0n) is 15.9. The first-order valence-corrected chi connectivity index (χ1v) is 9.34. The molecule has 9 nitrogen and oxygen atoms in total. The number of amides is 4. The number of furan rings is 1. The fraction of sp³-hybridized carbons (Fsp3) is 0.300. The van der Waals surface area contributed by atoms with Gasteiger partial charge in [0.25, 0.3) is 5.91 Å². The average molecular weight is 395 g/mol. The van der Waals surface area contributed by atoms with Crippen LogP contribution in [0.15, 0.2) is 47.1 Å². The van der Waals surface area contributed by atoms with Gasteiger partial charge in [0.15, 0.2) is 0 Å². The van der Waals surface area contributed by atoms with Crippen LogP contribution >= 0.6 is 0 Å². The highest BCUT2D eigenvalue weighted by molar-refractivity contribution is 6.05. The van der Waals surface area contributed by atoms with Gasteiger partial charge in [0.2, 0.25) is 5.91 Å². The molecule has 9 heteroatoms. The van der Waals surface area contributed by atoms with Crippen LogP contribution in [0.5, 0.6) is 0 Å². The third-order valence-corrected chi connectivity index (χ3v) is 4.94. The summed E-state index contributed by atoms with van der Waals surface area (Å²) in [7, 11) is 1.94. The zero-order valence-corrected chi connectivity index (χ0v) is 15.9. The van der Waals surface area contributed by atoms with E-state index in [-0.39, 0.29) is 18.9 Å². The number of fused-ring (bicyclic) bond motifs is 1. The lowest BCUT2D eigenvalue weighted by atomic mass is 10.2. The fourth-order valence-electron chi connectivity index (χ4n) is 3.41. The minimum Gasteiger partial charge on any atom is -0.467 e. The normalized spacial score (nSPS) is 16.4. The van der Waals surface area contributed by atoms with E-state index in [0.29, 0.717) is 18.7 Å². The summed E-state index contributed by atoms with van der Waals surface area (Å²) in [6.07, 6.45) is 1.93. The summed E-state index contributed by atoms with van der Waals surface area (Å²) in [4.78, 5) is 42.3. The molecule has 1 atom stereocenters. The molecule has 29 heavy (non-hydrogen) atoms. The second-order valence-corrected chi connectivity index (χ2v) is 6.89. The van der Waals surface area contributed by atoms with Gasteiger partial charge in [-0.25, -0.2) is 9.78 Å². The van der Waals surface area contributed by atoms with E-state index in [1.807, 2.05) is 35.9 Å². The van der Waals surface area contributed by atoms with E-state index in [4.69, 9.17) is 4.42 Å². The van der Waals surface area contributed by atoms with E-state index in [0.717, 1.165) is 21.8 Å². The maximum Gasteiger partial charge on any atom is 0.325 e. The van der Waals surface area contributed by atoms with Crippen molar-refractivity contribution in [3.05, 3.63) is 54.2 Å². The molecule has 2 aromatic heterocycles. The summed E-state index contributed by atoms with van der Waals surface area (Å²) in [5.41, 5.74) is 1.94. The minimum absolute atomic E-state index is 0.0442. The van der Waals surface area contributed by atoms with Crippen molar-refractivity contribution in [1.82, 2.24) is 25.1 Å². The van der Waals surface area contributed by atoms with Crippen LogP contribution in [0, 0.1) is 0 Å². The van der Waals surface area contributed by atoms with Crippen LogP contribution in [0.4, 0.5) is 4.79 Å². The van der Waals surface area contributed by atoms with Crippen molar-refractivity contribution in [2.24, 2.45) is 7.05 Å². The molecule has 1 aromatic carbocycles. The molecule has 0 saturated carbocycles. The maximum absolute atomic E-state index is 12.4. The molecule has 4 rings (SSSR count). The van der Waals surface area contributed by atoms with Crippen LogP contribution in [0.25, 0.3) is 11.0 Å². The number of hydrogen-bond acceptors (Lipinski definition) is 5. The first-order chi connectivity index (χ1) is 14.0. The van der Waals surface area contributed by atoms with Crippen LogP contribution in [0.1, 0.15) is 18.0 Å². The lowest BCUT2D eigenvalue weighted by Crippen LogP contribution is -2.37. The lowest BCUT2D eigenvalue weighted by molar-refractivity contribution is -0.131. The van der Waals surface area contributed by atoms with Gasteiger partial charge >= 0.3 is 6.03 Å². The van der Waals surface area contributed by atoms with Gasteiger partial charge < -0.3 is 19.6 Å². The Morgan fingerprint density at radius 2 is 2.07 bits per heavy atom. The van der Waals surface area contributed by atoms with E-state index >= 15 is 0 Å². The molecular weight excluding hydrogens is 374 g/mol. The van der Waals surface area contributed by atoms with Crippen LogP contribution in [-0.4, -0.2) is 44.9 Å². The molecule has 1 fully saturated rings. The molecule has 3 aromatic rings. The van der Waals surface area contributed by atoms with E-state index in [1.165, 1.54) is 6.26 Å². The van der Waals surface area contributed by atoms with E-state index in [9.17, 15) is 14.4 Å². The molecule has 2 N–H and O–H groups in total. The van der Waals surface area contributed by atoms with Crippen LogP contribution in [-0.2, 0) is 29.6 Å². The van der Waals surface area contributed by atoms with Crippen LogP contribution in [0.2, 0.25) is 0 Å². The number of carbonyl (C=O) groups excluding carboxylic acids is 3. The molecule has 0 spiro atoms. The van der Waals surface area contributed by atoms with Crippen molar-refractivity contribution in [2.45, 2.75) is 25.4 Å². The molecule has 4 amide bonds. The number of aryl methyl sites for hydroxylation is 1. The largest absolute Gasteiger partial charge is 0.467 e. The topological polar surface area (TPSA) is 109 Å². The number of nitrogens with one attached hydrogen (secondary N) is 2. The third kappa shape index (κ3) is 3.84. The van der Waals surface area contributed by atoms with E-state index < -0.39 is 18.0 Å². The maximum atomic E-state index is 12.4. The number of hydrogen-bond donors (Lipinski definition) is 2. The molecule has 150 valence electrons. The highest BCUT2D eigenvalue weighted by atomic mass is 16.3. The second-order valence-electron chi connectivity index (χ2n) is 6.89. The highest BCUT2D eigenvalue weighted by Crippen LogP contribution is 2.15. The number of urea groups is 1. The van der Waals surface area contributed by atoms with Gasteiger partial charge in [0, 0.05) is 20.0 Å². The van der Waals surface area contributed by atoms with Crippen LogP contribution in [0.3, 0.4) is 0 Å². The summed E-state index contributed by atoms with van der Waals surface area (Å²) in [5, 5.41) is 5.34. The number of rotatable bonds is 7. The Morgan fingerprint density at radius 3 is 2.83 bits per heavy atom. The van der Waals surface area contributed by atoms with Gasteiger partial charge in [-0.15, -0.1) is 0 Å². The summed E-state index contributed by atoms with van der Waals surface area (Å²) in [5.74, 6) is 0.626. The predicted octanol–water partition coefficient (Wildman–Crippen LogP) is 1.34. The number of imide groups is 1. The number of carbonyl (C=O) groups is 3. The molecule has 1 aliphatic rings. The first kappa shape index (κ1) is 18.7. The van der Waals surface area contributed by atoms with E-state index in [2.05, 4.69) is 15.6 Å². The van der Waals surface area contributed by atoms with Crippen LogP contribution < -0.4 is 10.6 Å². The molecular formula is C20H21N5O4. The molecule has 0 radical (unpaired) electrons. The van der Waals surface area contributed by atoms with Crippen molar-refractivity contribution in [3.8, 4) is 0 Å². The summed E-state index contributed by atoms with van der Waals surface area (Å²) >= 11 is 0. The van der Waals surface area contributed by atoms with Crippen molar-refractivity contribution in [1.29, 1.82) is 0 Å². The lowest BCUT2D eigenvalue weighted by Gasteiger charge is -2.11. The number of imidazole rings is 1. The summed E-state index contributed by atoms with van der Waals surface area (Å²) in [6, 6.07) is 9.80. The number of para-hydroxylation sites is 2. The Kier molecular flexibility index (Phi) is 5.03. The van der Waals surface area contributed by atoms with Gasteiger partial charge in [-0.1, -0.05) is 12.1 Å². The molecule has 0 unspecified atom stereocenters. The Balaban J connectivity index is 1.29. The number of aromatic nitrogens is 2. The summed E-state index contributed by atoms with van der Waals surface area (Å²) in [6.45, 7) is 0.434. The van der Waals surface area contributed by atoms with Crippen molar-refractivity contribution < 1.29 is 18.8 Å². The van der Waals surface area contributed by atoms with Gasteiger partial charge in [0.05, 0.1) is 30.3 Å². The molecule has 0 bridgehead atoms. The van der Waals surface area contributed by atoms with Gasteiger partial charge in [-0.3, -0.25) is 14.5 Å². The average Bonchev–Trinajstić information content (AvgIpc) is 3.39. The predicted molar refractivity (Wildman–Crippen MR) is 104 cm³/mol. The Labute approximate surface area is 166 Å². The third-order valence-electron chi connectivity index (χ3n) is 4.94. The SMILES string of the molecule is Cn1c(CCNC(=O)C[C@H]2NC(=O)N(Cc3ccco3)C2=O)nc2ccccc21. The smallest absolute Gasteiger partial charge is 0.325 e. The number of nitrogens with zero attached hydrogens (tertiary/aromatic N) is 3.